The zero-order valence-corrected chi connectivity index (χ0v) is 8.09. The number of thioether (sulfide) groups is 1. The van der Waals surface area contributed by atoms with E-state index >= 15 is 0 Å². The average molecular weight is 216 g/mol. The summed E-state index contributed by atoms with van der Waals surface area (Å²) >= 11 is 6.73. The summed E-state index contributed by atoms with van der Waals surface area (Å²) < 4.78 is 0. The van der Waals surface area contributed by atoms with Gasteiger partial charge in [-0.3, -0.25) is 10.1 Å². The molecule has 0 aliphatic carbocycles. The third-order valence-corrected chi connectivity index (χ3v) is 2.39. The lowest BCUT2D eigenvalue weighted by molar-refractivity contribution is -0.384. The number of non-ortho nitro benzene ring substituents is 1. The van der Waals surface area contributed by atoms with Gasteiger partial charge in [-0.25, -0.2) is 0 Å². The highest BCUT2D eigenvalue weighted by Crippen LogP contribution is 2.22. The van der Waals surface area contributed by atoms with E-state index in [1.54, 1.807) is 17.5 Å². The molecule has 68 valence electrons. The van der Waals surface area contributed by atoms with Gasteiger partial charge in [0.05, 0.1) is 4.92 Å². The molecule has 1 rings (SSSR count). The fourth-order valence-corrected chi connectivity index (χ4v) is 1.41. The molecule has 0 aromatic heterocycles. The monoisotopic (exact) mass is 215 g/mol. The predicted molar refractivity (Wildman–Crippen MR) is 53.9 cm³/mol. The zero-order chi connectivity index (χ0) is 9.68. The summed E-state index contributed by atoms with van der Waals surface area (Å²) in [5.41, 5.74) is 1.49. The van der Waals surface area contributed by atoms with E-state index in [0.29, 0.717) is 0 Å². The van der Waals surface area contributed by atoms with Gasteiger partial charge in [-0.1, -0.05) is 23.4 Å². The summed E-state index contributed by atoms with van der Waals surface area (Å²) in [6.45, 7) is 0. The molecule has 0 aliphatic heterocycles. The van der Waals surface area contributed by atoms with E-state index in [0.717, 1.165) is 4.90 Å². The Hall–Kier alpha value is -1.00. The van der Waals surface area contributed by atoms with E-state index in [9.17, 15) is 10.1 Å². The minimum atomic E-state index is -0.425. The van der Waals surface area contributed by atoms with Crippen molar-refractivity contribution >= 4 is 29.1 Å². The Morgan fingerprint density at radius 2 is 2.00 bits per heavy atom. The van der Waals surface area contributed by atoms with Crippen LogP contribution in [0.1, 0.15) is 0 Å². The first-order valence-electron chi connectivity index (χ1n) is 3.40. The van der Waals surface area contributed by atoms with Crippen LogP contribution in [0.2, 0.25) is 0 Å². The normalized spacial score (nSPS) is 10.5. The van der Waals surface area contributed by atoms with Crippen molar-refractivity contribution in [1.29, 1.82) is 0 Å². The van der Waals surface area contributed by atoms with Crippen molar-refractivity contribution in [1.82, 2.24) is 0 Å². The van der Waals surface area contributed by atoms with Crippen LogP contribution in [0.25, 0.3) is 0 Å². The quantitative estimate of drug-likeness (QED) is 0.441. The van der Waals surface area contributed by atoms with Gasteiger partial charge in [0.1, 0.15) is 0 Å². The minimum absolute atomic E-state index is 0.0965. The maximum absolute atomic E-state index is 10.3. The molecule has 5 heteroatoms. The Kier molecular flexibility index (Phi) is 3.79. The van der Waals surface area contributed by atoms with Gasteiger partial charge in [0.2, 0.25) is 0 Å². The summed E-state index contributed by atoms with van der Waals surface area (Å²) in [7, 11) is 0. The van der Waals surface area contributed by atoms with Gasteiger partial charge in [0.15, 0.2) is 0 Å². The zero-order valence-electron chi connectivity index (χ0n) is 6.51. The highest BCUT2D eigenvalue weighted by Gasteiger charge is 2.02. The van der Waals surface area contributed by atoms with Crippen LogP contribution in [0.5, 0.6) is 0 Å². The van der Waals surface area contributed by atoms with Crippen LogP contribution in [0.3, 0.4) is 0 Å². The number of nitro benzene ring substituents is 1. The van der Waals surface area contributed by atoms with Gasteiger partial charge in [-0.15, -0.1) is 0 Å². The molecular weight excluding hydrogens is 210 g/mol. The van der Waals surface area contributed by atoms with E-state index in [1.807, 2.05) is 0 Å². The molecule has 0 N–H and O–H groups in total. The molecule has 0 amide bonds. The van der Waals surface area contributed by atoms with Crippen LogP contribution in [0.15, 0.2) is 40.1 Å². The van der Waals surface area contributed by atoms with Gasteiger partial charge in [0.25, 0.3) is 5.69 Å². The van der Waals surface area contributed by atoms with Crippen molar-refractivity contribution in [3.63, 3.8) is 0 Å². The Balaban J connectivity index is 2.75. The molecule has 0 aliphatic rings. The molecule has 1 aromatic rings. The molecule has 0 saturated carbocycles. The van der Waals surface area contributed by atoms with Gasteiger partial charge in [0, 0.05) is 22.6 Å². The van der Waals surface area contributed by atoms with Crippen molar-refractivity contribution in [2.45, 2.75) is 4.90 Å². The SMILES string of the molecule is O=[N+]([O-])c1ccc(S/C=C/Cl)cc1. The van der Waals surface area contributed by atoms with Crippen LogP contribution in [-0.4, -0.2) is 4.92 Å². The molecular formula is C8H6ClNO2S. The van der Waals surface area contributed by atoms with Crippen LogP contribution >= 0.6 is 23.4 Å². The molecule has 0 unspecified atom stereocenters. The smallest absolute Gasteiger partial charge is 0.258 e. The van der Waals surface area contributed by atoms with E-state index < -0.39 is 4.92 Å². The third-order valence-electron chi connectivity index (χ3n) is 1.30. The van der Waals surface area contributed by atoms with Crippen LogP contribution < -0.4 is 0 Å². The number of rotatable bonds is 3. The molecule has 1 aromatic carbocycles. The molecule has 0 saturated heterocycles. The first-order chi connectivity index (χ1) is 6.24. The molecule has 0 fully saturated rings. The first kappa shape index (κ1) is 10.1. The lowest BCUT2D eigenvalue weighted by Crippen LogP contribution is -1.85. The van der Waals surface area contributed by atoms with Crippen molar-refractivity contribution in [3.8, 4) is 0 Å². The van der Waals surface area contributed by atoms with E-state index in [1.165, 1.54) is 29.4 Å². The molecule has 0 radical (unpaired) electrons. The number of hydrogen-bond acceptors (Lipinski definition) is 3. The second-order valence-corrected chi connectivity index (χ2v) is 3.36. The second-order valence-electron chi connectivity index (χ2n) is 2.13. The van der Waals surface area contributed by atoms with E-state index in [2.05, 4.69) is 0 Å². The van der Waals surface area contributed by atoms with Gasteiger partial charge >= 0.3 is 0 Å². The van der Waals surface area contributed by atoms with Crippen molar-refractivity contribution < 1.29 is 4.92 Å². The summed E-state index contributed by atoms with van der Waals surface area (Å²) in [4.78, 5) is 10.8. The second kappa shape index (κ2) is 4.89. The first-order valence-corrected chi connectivity index (χ1v) is 4.72. The van der Waals surface area contributed by atoms with Gasteiger partial charge in [-0.2, -0.15) is 0 Å². The van der Waals surface area contributed by atoms with E-state index in [4.69, 9.17) is 11.6 Å². The fourth-order valence-electron chi connectivity index (χ4n) is 0.751. The molecule has 0 heterocycles. The van der Waals surface area contributed by atoms with E-state index in [-0.39, 0.29) is 5.69 Å². The lowest BCUT2D eigenvalue weighted by atomic mass is 10.3. The van der Waals surface area contributed by atoms with Crippen molar-refractivity contribution in [2.75, 3.05) is 0 Å². The van der Waals surface area contributed by atoms with Crippen LogP contribution in [0, 0.1) is 10.1 Å². The van der Waals surface area contributed by atoms with Crippen molar-refractivity contribution in [2.24, 2.45) is 0 Å². The predicted octanol–water partition coefficient (Wildman–Crippen LogP) is 3.40. The fraction of sp³-hybridized carbons (Fsp3) is 0. The Morgan fingerprint density at radius 1 is 1.38 bits per heavy atom. The molecule has 0 bridgehead atoms. The molecule has 0 atom stereocenters. The Bertz CT molecular complexity index is 323. The Labute approximate surface area is 84.6 Å². The molecule has 0 spiro atoms. The summed E-state index contributed by atoms with van der Waals surface area (Å²) in [5, 5.41) is 12.0. The number of halogens is 1. The molecule has 13 heavy (non-hydrogen) atoms. The number of benzene rings is 1. The van der Waals surface area contributed by atoms with Crippen LogP contribution in [0.4, 0.5) is 5.69 Å². The standard InChI is InChI=1S/C8H6ClNO2S/c9-5-6-13-8-3-1-7(2-4-8)10(11)12/h1-6H/b6-5+. The number of nitrogens with zero attached hydrogens (tertiary/aromatic N) is 1. The molecule has 3 nitrogen and oxygen atoms in total. The maximum atomic E-state index is 10.3. The summed E-state index contributed by atoms with van der Waals surface area (Å²) in [6.07, 6.45) is 0. The van der Waals surface area contributed by atoms with Gasteiger partial charge < -0.3 is 0 Å². The highest BCUT2D eigenvalue weighted by atomic mass is 35.5. The Morgan fingerprint density at radius 3 is 2.46 bits per heavy atom. The van der Waals surface area contributed by atoms with Gasteiger partial charge in [-0.05, 0) is 17.5 Å². The lowest BCUT2D eigenvalue weighted by Gasteiger charge is -1.94. The topological polar surface area (TPSA) is 43.1 Å². The third kappa shape index (κ3) is 3.08. The summed E-state index contributed by atoms with van der Waals surface area (Å²) in [5.74, 6) is 0. The van der Waals surface area contributed by atoms with Crippen LogP contribution in [-0.2, 0) is 0 Å². The number of nitro groups is 1. The largest absolute Gasteiger partial charge is 0.269 e. The minimum Gasteiger partial charge on any atom is -0.258 e. The maximum Gasteiger partial charge on any atom is 0.269 e. The average Bonchev–Trinajstić information content (AvgIpc) is 2.15. The summed E-state index contributed by atoms with van der Waals surface area (Å²) in [6, 6.07) is 6.29. The highest BCUT2D eigenvalue weighted by molar-refractivity contribution is 8.02. The number of hydrogen-bond donors (Lipinski definition) is 0. The van der Waals surface area contributed by atoms with Crippen molar-refractivity contribution in [3.05, 3.63) is 45.3 Å².